The van der Waals surface area contributed by atoms with Crippen LogP contribution < -0.4 is 5.32 Å². The first kappa shape index (κ1) is 16.0. The number of rotatable bonds is 7. The average molecular weight is 294 g/mol. The quantitative estimate of drug-likeness (QED) is 0.782. The predicted molar refractivity (Wildman–Crippen MR) is 81.2 cm³/mol. The molecule has 0 spiro atoms. The summed E-state index contributed by atoms with van der Waals surface area (Å²) in [5, 5.41) is 3.40. The van der Waals surface area contributed by atoms with Crippen molar-refractivity contribution in [2.75, 3.05) is 33.3 Å². The minimum atomic E-state index is -0.415. The zero-order valence-corrected chi connectivity index (χ0v) is 13.1. The van der Waals surface area contributed by atoms with Crippen LogP contribution in [0.5, 0.6) is 0 Å². The van der Waals surface area contributed by atoms with Crippen LogP contribution in [0.3, 0.4) is 0 Å². The Bertz CT molecular complexity index is 438. The van der Waals surface area contributed by atoms with Crippen LogP contribution in [0.2, 0.25) is 0 Å². The Morgan fingerprint density at radius 2 is 2.19 bits per heavy atom. The molecule has 0 atom stereocenters. The van der Waals surface area contributed by atoms with Crippen LogP contribution in [-0.2, 0) is 11.3 Å². The van der Waals surface area contributed by atoms with E-state index in [1.807, 2.05) is 6.07 Å². The molecule has 2 heterocycles. The van der Waals surface area contributed by atoms with E-state index in [0.717, 1.165) is 50.8 Å². The Hall–Kier alpha value is -1.33. The summed E-state index contributed by atoms with van der Waals surface area (Å²) in [6.07, 6.45) is 3.60. The summed E-state index contributed by atoms with van der Waals surface area (Å²) >= 11 is 0. The molecule has 1 aromatic heterocycles. The van der Waals surface area contributed by atoms with Crippen molar-refractivity contribution in [1.29, 1.82) is 0 Å². The van der Waals surface area contributed by atoms with Crippen molar-refractivity contribution >= 4 is 5.97 Å². The maximum absolute atomic E-state index is 11.4. The molecule has 1 aliphatic rings. The lowest BCUT2D eigenvalue weighted by Crippen LogP contribution is -2.36. The molecule has 5 nitrogen and oxygen atoms in total. The molecular formula is C16H26N2O3. The number of nitrogens with one attached hydrogen (secondary N) is 1. The van der Waals surface area contributed by atoms with Gasteiger partial charge in [-0.05, 0) is 56.9 Å². The molecule has 0 unspecified atom stereocenters. The van der Waals surface area contributed by atoms with Crippen molar-refractivity contribution in [2.45, 2.75) is 32.7 Å². The Labute approximate surface area is 126 Å². The molecule has 118 valence electrons. The Morgan fingerprint density at radius 1 is 1.43 bits per heavy atom. The van der Waals surface area contributed by atoms with Crippen molar-refractivity contribution in [2.24, 2.45) is 5.92 Å². The second-order valence-corrected chi connectivity index (χ2v) is 5.69. The fraction of sp³-hybridized carbons (Fsp3) is 0.688. The van der Waals surface area contributed by atoms with Gasteiger partial charge in [0.25, 0.3) is 0 Å². The highest BCUT2D eigenvalue weighted by Gasteiger charge is 2.18. The predicted octanol–water partition coefficient (Wildman–Crippen LogP) is 2.28. The molecule has 1 saturated heterocycles. The van der Waals surface area contributed by atoms with Gasteiger partial charge in [0.2, 0.25) is 5.76 Å². The average Bonchev–Trinajstić information content (AvgIpc) is 2.96. The molecule has 0 aliphatic carbocycles. The van der Waals surface area contributed by atoms with Crippen molar-refractivity contribution in [3.8, 4) is 0 Å². The molecule has 0 aromatic carbocycles. The number of carbonyl (C=O) groups is 1. The fourth-order valence-electron chi connectivity index (χ4n) is 2.87. The lowest BCUT2D eigenvalue weighted by Gasteiger charge is -2.29. The standard InChI is InChI=1S/C16H26N2O3/c1-3-10-18(11-13-6-8-17-9-7-13)12-14-4-5-15(21-14)16(19)20-2/h4-5,13,17H,3,6-12H2,1-2H3. The zero-order valence-electron chi connectivity index (χ0n) is 13.1. The Balaban J connectivity index is 1.91. The molecule has 1 aliphatic heterocycles. The number of nitrogens with zero attached hydrogens (tertiary/aromatic N) is 1. The molecule has 2 rings (SSSR count). The highest BCUT2D eigenvalue weighted by molar-refractivity contribution is 5.86. The lowest BCUT2D eigenvalue weighted by molar-refractivity contribution is 0.0560. The van der Waals surface area contributed by atoms with E-state index in [2.05, 4.69) is 21.9 Å². The molecular weight excluding hydrogens is 268 g/mol. The largest absolute Gasteiger partial charge is 0.463 e. The third-order valence-corrected chi connectivity index (χ3v) is 3.94. The minimum absolute atomic E-state index is 0.283. The molecule has 1 aromatic rings. The van der Waals surface area contributed by atoms with Gasteiger partial charge in [0.1, 0.15) is 5.76 Å². The number of hydrogen-bond acceptors (Lipinski definition) is 5. The molecule has 1 fully saturated rings. The first-order valence-corrected chi connectivity index (χ1v) is 7.83. The first-order chi connectivity index (χ1) is 10.2. The van der Waals surface area contributed by atoms with Crippen LogP contribution >= 0.6 is 0 Å². The smallest absolute Gasteiger partial charge is 0.373 e. The number of piperidine rings is 1. The highest BCUT2D eigenvalue weighted by Crippen LogP contribution is 2.17. The van der Waals surface area contributed by atoms with Gasteiger partial charge in [-0.1, -0.05) is 6.92 Å². The first-order valence-electron chi connectivity index (χ1n) is 7.83. The number of carbonyl (C=O) groups excluding carboxylic acids is 1. The van der Waals surface area contributed by atoms with Crippen LogP contribution in [0.15, 0.2) is 16.5 Å². The normalized spacial score (nSPS) is 16.3. The molecule has 0 bridgehead atoms. The Kier molecular flexibility index (Phi) is 6.26. The second kappa shape index (κ2) is 8.20. The third kappa shape index (κ3) is 4.86. The van der Waals surface area contributed by atoms with Crippen LogP contribution in [0.4, 0.5) is 0 Å². The van der Waals surface area contributed by atoms with Crippen molar-refractivity contribution in [3.63, 3.8) is 0 Å². The van der Waals surface area contributed by atoms with E-state index in [4.69, 9.17) is 4.42 Å². The van der Waals surface area contributed by atoms with Gasteiger partial charge in [-0.25, -0.2) is 4.79 Å². The SMILES string of the molecule is CCCN(Cc1ccc(C(=O)OC)o1)CC1CCNCC1. The van der Waals surface area contributed by atoms with Crippen molar-refractivity contribution < 1.29 is 13.9 Å². The minimum Gasteiger partial charge on any atom is -0.463 e. The van der Waals surface area contributed by atoms with E-state index in [1.54, 1.807) is 6.07 Å². The van der Waals surface area contributed by atoms with Crippen LogP contribution in [0.1, 0.15) is 42.5 Å². The van der Waals surface area contributed by atoms with E-state index in [1.165, 1.54) is 20.0 Å². The second-order valence-electron chi connectivity index (χ2n) is 5.69. The molecule has 0 saturated carbocycles. The number of furan rings is 1. The molecule has 21 heavy (non-hydrogen) atoms. The van der Waals surface area contributed by atoms with E-state index >= 15 is 0 Å². The highest BCUT2D eigenvalue weighted by atomic mass is 16.5. The van der Waals surface area contributed by atoms with Crippen LogP contribution in [0.25, 0.3) is 0 Å². The Morgan fingerprint density at radius 3 is 2.86 bits per heavy atom. The van der Waals surface area contributed by atoms with E-state index in [0.29, 0.717) is 0 Å². The van der Waals surface area contributed by atoms with Gasteiger partial charge >= 0.3 is 5.97 Å². The van der Waals surface area contributed by atoms with Crippen LogP contribution in [-0.4, -0.2) is 44.2 Å². The van der Waals surface area contributed by atoms with Gasteiger partial charge < -0.3 is 14.5 Å². The molecule has 0 amide bonds. The summed E-state index contributed by atoms with van der Waals surface area (Å²) in [4.78, 5) is 13.8. The summed E-state index contributed by atoms with van der Waals surface area (Å²) in [5.41, 5.74) is 0. The summed E-state index contributed by atoms with van der Waals surface area (Å²) in [7, 11) is 1.37. The lowest BCUT2D eigenvalue weighted by atomic mass is 9.97. The third-order valence-electron chi connectivity index (χ3n) is 3.94. The number of esters is 1. The van der Waals surface area contributed by atoms with Gasteiger partial charge in [-0.2, -0.15) is 0 Å². The van der Waals surface area contributed by atoms with Crippen molar-refractivity contribution in [3.05, 3.63) is 23.7 Å². The maximum Gasteiger partial charge on any atom is 0.373 e. The number of methoxy groups -OCH3 is 1. The molecule has 1 N–H and O–H groups in total. The van der Waals surface area contributed by atoms with Gasteiger partial charge in [0.15, 0.2) is 0 Å². The monoisotopic (exact) mass is 294 g/mol. The van der Waals surface area contributed by atoms with Gasteiger partial charge in [-0.15, -0.1) is 0 Å². The summed E-state index contributed by atoms with van der Waals surface area (Å²) in [6, 6.07) is 3.56. The van der Waals surface area contributed by atoms with Gasteiger partial charge in [0, 0.05) is 6.54 Å². The topological polar surface area (TPSA) is 54.7 Å². The van der Waals surface area contributed by atoms with E-state index in [-0.39, 0.29) is 5.76 Å². The maximum atomic E-state index is 11.4. The zero-order chi connectivity index (χ0) is 15.1. The van der Waals surface area contributed by atoms with E-state index < -0.39 is 5.97 Å². The summed E-state index contributed by atoms with van der Waals surface area (Å²) in [5.74, 6) is 1.46. The number of hydrogen-bond donors (Lipinski definition) is 1. The molecule has 5 heteroatoms. The van der Waals surface area contributed by atoms with Crippen molar-refractivity contribution in [1.82, 2.24) is 10.2 Å². The van der Waals surface area contributed by atoms with Crippen LogP contribution in [0, 0.1) is 5.92 Å². The summed E-state index contributed by atoms with van der Waals surface area (Å²) < 4.78 is 10.2. The van der Waals surface area contributed by atoms with E-state index in [9.17, 15) is 4.79 Å². The molecule has 0 radical (unpaired) electrons. The number of ether oxygens (including phenoxy) is 1. The van der Waals surface area contributed by atoms with Gasteiger partial charge in [0.05, 0.1) is 13.7 Å². The summed E-state index contributed by atoms with van der Waals surface area (Å²) in [6.45, 7) is 7.35. The fourth-order valence-corrected chi connectivity index (χ4v) is 2.87. The van der Waals surface area contributed by atoms with Gasteiger partial charge in [-0.3, -0.25) is 4.90 Å².